The highest BCUT2D eigenvalue weighted by atomic mass is 16.7. The maximum absolute atomic E-state index is 12.3. The number of hydrogen-bond acceptors (Lipinski definition) is 4. The second kappa shape index (κ2) is 4.45. The van der Waals surface area contributed by atoms with E-state index in [9.17, 15) is 4.79 Å². The summed E-state index contributed by atoms with van der Waals surface area (Å²) in [5.74, 6) is 1.39. The van der Waals surface area contributed by atoms with Crippen molar-refractivity contribution in [3.8, 4) is 11.5 Å². The first-order chi connectivity index (χ1) is 8.04. The van der Waals surface area contributed by atoms with E-state index in [0.717, 1.165) is 6.44 Å². The van der Waals surface area contributed by atoms with Gasteiger partial charge in [0.15, 0.2) is 17.3 Å². The third-order valence-corrected chi connectivity index (χ3v) is 2.82. The lowest BCUT2D eigenvalue weighted by molar-refractivity contribution is 0.0930. The summed E-state index contributed by atoms with van der Waals surface area (Å²) in [6, 6.07) is 5.29. The average Bonchev–Trinajstić information content (AvgIpc) is 2.74. The van der Waals surface area contributed by atoms with Crippen molar-refractivity contribution < 1.29 is 14.3 Å². The first-order valence-electron chi connectivity index (χ1n) is 5.74. The molecule has 0 saturated heterocycles. The molecule has 17 heavy (non-hydrogen) atoms. The number of ether oxygens (including phenoxy) is 2. The van der Waals surface area contributed by atoms with Gasteiger partial charge >= 0.3 is 0 Å². The van der Waals surface area contributed by atoms with Crippen molar-refractivity contribution in [2.45, 2.75) is 12.4 Å². The van der Waals surface area contributed by atoms with Crippen LogP contribution in [0.5, 0.6) is 11.5 Å². The fourth-order valence-electron chi connectivity index (χ4n) is 1.92. The molecule has 1 heterocycles. The van der Waals surface area contributed by atoms with Crippen LogP contribution in [0.4, 0.5) is 0 Å². The zero-order valence-electron chi connectivity index (χ0n) is 10.4. The van der Waals surface area contributed by atoms with Crippen LogP contribution < -0.4 is 14.8 Å². The van der Waals surface area contributed by atoms with E-state index in [1.807, 2.05) is 22.6 Å². The molecule has 1 unspecified atom stereocenters. The standard InChI is InChI=1S/C11H15B2NO3/c1-11(13,14-5-12)10(15)7-2-3-8-9(4-7)17-6-16-8/h2-4,14H,5-6,12-13H2,1H3. The second-order valence-corrected chi connectivity index (χ2v) is 4.55. The third-order valence-electron chi connectivity index (χ3n) is 2.82. The Bertz CT molecular complexity index is 448. The Balaban J connectivity index is 2.26. The van der Waals surface area contributed by atoms with Gasteiger partial charge < -0.3 is 14.8 Å². The molecule has 0 aliphatic carbocycles. The summed E-state index contributed by atoms with van der Waals surface area (Å²) in [4.78, 5) is 12.3. The van der Waals surface area contributed by atoms with Crippen LogP contribution in [0.2, 0.25) is 0 Å². The molecule has 0 radical (unpaired) electrons. The van der Waals surface area contributed by atoms with Gasteiger partial charge in [0.2, 0.25) is 6.79 Å². The predicted molar refractivity (Wildman–Crippen MR) is 70.4 cm³/mol. The van der Waals surface area contributed by atoms with Crippen LogP contribution in [0.25, 0.3) is 0 Å². The molecular weight excluding hydrogens is 216 g/mol. The quantitative estimate of drug-likeness (QED) is 0.540. The summed E-state index contributed by atoms with van der Waals surface area (Å²) >= 11 is 0. The number of hydrogen-bond donors (Lipinski definition) is 1. The summed E-state index contributed by atoms with van der Waals surface area (Å²) < 4.78 is 10.5. The van der Waals surface area contributed by atoms with Crippen LogP contribution >= 0.6 is 0 Å². The summed E-state index contributed by atoms with van der Waals surface area (Å²) in [6.45, 7) is 2.10. The van der Waals surface area contributed by atoms with E-state index in [-0.39, 0.29) is 12.6 Å². The van der Waals surface area contributed by atoms with Crippen molar-refractivity contribution >= 4 is 21.5 Å². The van der Waals surface area contributed by atoms with E-state index in [1.54, 1.807) is 18.2 Å². The van der Waals surface area contributed by atoms with E-state index in [1.165, 1.54) is 0 Å². The largest absolute Gasteiger partial charge is 0.454 e. The normalized spacial score (nSPS) is 16.5. The Morgan fingerprint density at radius 1 is 1.47 bits per heavy atom. The van der Waals surface area contributed by atoms with Gasteiger partial charge in [0.05, 0.1) is 0 Å². The molecule has 2 rings (SSSR count). The number of rotatable bonds is 4. The van der Waals surface area contributed by atoms with Crippen molar-refractivity contribution in [3.05, 3.63) is 23.8 Å². The minimum atomic E-state index is -0.567. The fourth-order valence-corrected chi connectivity index (χ4v) is 1.92. The highest BCUT2D eigenvalue weighted by molar-refractivity contribution is 6.32. The molecular formula is C11H15B2NO3. The Kier molecular flexibility index (Phi) is 3.15. The summed E-state index contributed by atoms with van der Waals surface area (Å²) in [7, 11) is 3.86. The van der Waals surface area contributed by atoms with Gasteiger partial charge in [-0.2, -0.15) is 0 Å². The molecule has 0 bridgehead atoms. The molecule has 1 atom stereocenters. The summed E-state index contributed by atoms with van der Waals surface area (Å²) in [5, 5.41) is 3.17. The lowest BCUT2D eigenvalue weighted by Gasteiger charge is -2.24. The lowest BCUT2D eigenvalue weighted by Crippen LogP contribution is -2.50. The summed E-state index contributed by atoms with van der Waals surface area (Å²) in [5.41, 5.74) is 0.0721. The van der Waals surface area contributed by atoms with Crippen LogP contribution in [0.3, 0.4) is 0 Å². The molecule has 4 nitrogen and oxygen atoms in total. The van der Waals surface area contributed by atoms with Gasteiger partial charge in [-0.15, -0.1) is 0 Å². The molecule has 6 heteroatoms. The van der Waals surface area contributed by atoms with Gasteiger partial charge in [-0.1, -0.05) is 0 Å². The Hall–Kier alpha value is -1.42. The number of benzene rings is 1. The molecule has 88 valence electrons. The maximum Gasteiger partial charge on any atom is 0.231 e. The molecule has 0 amide bonds. The van der Waals surface area contributed by atoms with Gasteiger partial charge in [-0.05, 0) is 31.6 Å². The number of carbonyl (C=O) groups is 1. The van der Waals surface area contributed by atoms with Crippen LogP contribution in [0.15, 0.2) is 18.2 Å². The molecule has 0 saturated carbocycles. The number of carbonyl (C=O) groups excluding carboxylic acids is 1. The zero-order chi connectivity index (χ0) is 12.5. The van der Waals surface area contributed by atoms with Gasteiger partial charge in [-0.3, -0.25) is 4.79 Å². The van der Waals surface area contributed by atoms with E-state index in [2.05, 4.69) is 5.32 Å². The highest BCUT2D eigenvalue weighted by Crippen LogP contribution is 2.33. The van der Waals surface area contributed by atoms with Crippen molar-refractivity contribution in [1.82, 2.24) is 5.32 Å². The molecule has 1 N–H and O–H groups in total. The van der Waals surface area contributed by atoms with E-state index in [4.69, 9.17) is 9.47 Å². The lowest BCUT2D eigenvalue weighted by atomic mass is 9.73. The van der Waals surface area contributed by atoms with Gasteiger partial charge in [-0.25, -0.2) is 0 Å². The van der Waals surface area contributed by atoms with E-state index >= 15 is 0 Å². The monoisotopic (exact) mass is 231 g/mol. The van der Waals surface area contributed by atoms with Crippen LogP contribution in [-0.4, -0.2) is 40.2 Å². The second-order valence-electron chi connectivity index (χ2n) is 4.55. The molecule has 0 aromatic heterocycles. The zero-order valence-corrected chi connectivity index (χ0v) is 10.4. The molecule has 1 aromatic rings. The van der Waals surface area contributed by atoms with Crippen molar-refractivity contribution in [2.75, 3.05) is 13.2 Å². The van der Waals surface area contributed by atoms with Crippen LogP contribution in [0.1, 0.15) is 17.3 Å². The Morgan fingerprint density at radius 3 is 2.88 bits per heavy atom. The van der Waals surface area contributed by atoms with Gasteiger partial charge in [0, 0.05) is 11.0 Å². The Labute approximate surface area is 102 Å². The van der Waals surface area contributed by atoms with Crippen LogP contribution in [-0.2, 0) is 0 Å². The van der Waals surface area contributed by atoms with E-state index in [0.29, 0.717) is 17.1 Å². The number of Topliss-reactive ketones (excluding diaryl/α,β-unsaturated/α-hetero) is 1. The fraction of sp³-hybridized carbons (Fsp3) is 0.364. The van der Waals surface area contributed by atoms with Gasteiger partial charge in [0.25, 0.3) is 0 Å². The van der Waals surface area contributed by atoms with Crippen molar-refractivity contribution in [2.24, 2.45) is 0 Å². The van der Waals surface area contributed by atoms with Gasteiger partial charge in [0.1, 0.15) is 15.7 Å². The third kappa shape index (κ3) is 2.31. The molecule has 1 aromatic carbocycles. The minimum Gasteiger partial charge on any atom is -0.454 e. The SMILES string of the molecule is BCNC(B)(C)C(=O)c1ccc2c(c1)OCO2. The molecule has 0 fully saturated rings. The molecule has 1 aliphatic rings. The minimum absolute atomic E-state index is 0.0534. The highest BCUT2D eigenvalue weighted by Gasteiger charge is 2.28. The van der Waals surface area contributed by atoms with Crippen LogP contribution in [0, 0.1) is 0 Å². The summed E-state index contributed by atoms with van der Waals surface area (Å²) in [6.07, 6.45) is 0.753. The van der Waals surface area contributed by atoms with Crippen molar-refractivity contribution in [3.63, 3.8) is 0 Å². The molecule has 1 aliphatic heterocycles. The van der Waals surface area contributed by atoms with E-state index < -0.39 is 5.44 Å². The number of nitrogens with one attached hydrogen (secondary N) is 1. The number of fused-ring (bicyclic) bond motifs is 1. The maximum atomic E-state index is 12.3. The first-order valence-corrected chi connectivity index (χ1v) is 5.74. The first kappa shape index (κ1) is 12.0. The molecule has 0 spiro atoms. The average molecular weight is 231 g/mol. The number of ketones is 1. The van der Waals surface area contributed by atoms with Crippen molar-refractivity contribution in [1.29, 1.82) is 0 Å². The topological polar surface area (TPSA) is 47.6 Å². The Morgan fingerprint density at radius 2 is 2.18 bits per heavy atom. The predicted octanol–water partition coefficient (Wildman–Crippen LogP) is -0.873. The smallest absolute Gasteiger partial charge is 0.231 e.